The predicted octanol–water partition coefficient (Wildman–Crippen LogP) is 3.18. The Morgan fingerprint density at radius 2 is 1.96 bits per heavy atom. The van der Waals surface area contributed by atoms with Crippen LogP contribution in [0, 0.1) is 20.8 Å². The van der Waals surface area contributed by atoms with E-state index < -0.39 is 0 Å². The van der Waals surface area contributed by atoms with Gasteiger partial charge in [0.05, 0.1) is 28.6 Å². The number of nitrogens with one attached hydrogen (secondary N) is 1. The summed E-state index contributed by atoms with van der Waals surface area (Å²) < 4.78 is 1.87. The Hall–Kier alpha value is -2.47. The summed E-state index contributed by atoms with van der Waals surface area (Å²) in [7, 11) is 0. The normalized spacial score (nSPS) is 10.7. The van der Waals surface area contributed by atoms with Crippen molar-refractivity contribution in [2.75, 3.05) is 0 Å². The van der Waals surface area contributed by atoms with E-state index in [2.05, 4.69) is 15.4 Å². The molecule has 0 saturated carbocycles. The molecule has 0 bridgehead atoms. The summed E-state index contributed by atoms with van der Waals surface area (Å²) in [6, 6.07) is 9.46. The molecule has 1 N–H and O–H groups in total. The summed E-state index contributed by atoms with van der Waals surface area (Å²) >= 11 is 1.58. The highest BCUT2D eigenvalue weighted by atomic mass is 32.1. The van der Waals surface area contributed by atoms with Crippen LogP contribution in [0.1, 0.15) is 32.4 Å². The van der Waals surface area contributed by atoms with E-state index in [4.69, 9.17) is 0 Å². The van der Waals surface area contributed by atoms with E-state index in [1.54, 1.807) is 11.3 Å². The van der Waals surface area contributed by atoms with Gasteiger partial charge in [-0.3, -0.25) is 4.79 Å². The van der Waals surface area contributed by atoms with Gasteiger partial charge in [0.25, 0.3) is 5.91 Å². The third-order valence-corrected chi connectivity index (χ3v) is 4.30. The van der Waals surface area contributed by atoms with Crippen LogP contribution in [0.2, 0.25) is 0 Å². The molecule has 0 atom stereocenters. The molecule has 0 saturated heterocycles. The predicted molar refractivity (Wildman–Crippen MR) is 91.1 cm³/mol. The van der Waals surface area contributed by atoms with Gasteiger partial charge in [-0.2, -0.15) is 5.10 Å². The first-order chi connectivity index (χ1) is 11.0. The lowest BCUT2D eigenvalue weighted by Crippen LogP contribution is -2.22. The van der Waals surface area contributed by atoms with E-state index in [0.717, 1.165) is 27.8 Å². The van der Waals surface area contributed by atoms with Gasteiger partial charge in [0.2, 0.25) is 0 Å². The number of aryl methyl sites for hydroxylation is 3. The minimum Gasteiger partial charge on any atom is -0.346 e. The number of rotatable bonds is 4. The molecule has 118 valence electrons. The summed E-state index contributed by atoms with van der Waals surface area (Å²) in [4.78, 5) is 16.5. The molecule has 0 radical (unpaired) electrons. The van der Waals surface area contributed by atoms with E-state index in [9.17, 15) is 4.79 Å². The molecule has 3 aromatic rings. The molecular weight excluding hydrogens is 308 g/mol. The second kappa shape index (κ2) is 6.34. The molecule has 0 aliphatic carbocycles. The third kappa shape index (κ3) is 3.48. The number of nitrogens with zero attached hydrogens (tertiary/aromatic N) is 3. The Balaban J connectivity index is 1.69. The molecular formula is C17H18N4OS. The van der Waals surface area contributed by atoms with Crippen LogP contribution in [0.25, 0.3) is 5.69 Å². The summed E-state index contributed by atoms with van der Waals surface area (Å²) in [5.41, 5.74) is 4.51. The highest BCUT2D eigenvalue weighted by Gasteiger charge is 2.08. The molecule has 23 heavy (non-hydrogen) atoms. The Morgan fingerprint density at radius 3 is 2.52 bits per heavy atom. The fourth-order valence-electron chi connectivity index (χ4n) is 2.41. The number of carbonyl (C=O) groups is 1. The van der Waals surface area contributed by atoms with Gasteiger partial charge >= 0.3 is 0 Å². The lowest BCUT2D eigenvalue weighted by molar-refractivity contribution is 0.0950. The molecule has 0 aliphatic heterocycles. The molecule has 5 nitrogen and oxygen atoms in total. The van der Waals surface area contributed by atoms with Crippen molar-refractivity contribution >= 4 is 17.2 Å². The Morgan fingerprint density at radius 1 is 1.22 bits per heavy atom. The Kier molecular flexibility index (Phi) is 4.25. The van der Waals surface area contributed by atoms with Crippen LogP contribution in [-0.4, -0.2) is 20.7 Å². The fourth-order valence-corrected chi connectivity index (χ4v) is 3.02. The second-order valence-corrected chi connectivity index (χ2v) is 6.49. The summed E-state index contributed by atoms with van der Waals surface area (Å²) in [5, 5.41) is 10.3. The molecule has 0 fully saturated rings. The molecule has 6 heteroatoms. The minimum absolute atomic E-state index is 0.101. The van der Waals surface area contributed by atoms with Crippen molar-refractivity contribution in [1.82, 2.24) is 20.1 Å². The maximum atomic E-state index is 12.2. The lowest BCUT2D eigenvalue weighted by atomic mass is 10.2. The number of hydrogen-bond acceptors (Lipinski definition) is 4. The standard InChI is InChI=1S/C17H18N4OS/c1-11-8-12(2)21(20-11)16-6-4-14(5-7-16)17(22)18-9-15-10-23-13(3)19-15/h4-8,10H,9H2,1-3H3,(H,18,22). The summed E-state index contributed by atoms with van der Waals surface area (Å²) in [6.07, 6.45) is 0. The minimum atomic E-state index is -0.101. The van der Waals surface area contributed by atoms with Crippen LogP contribution < -0.4 is 5.32 Å². The maximum absolute atomic E-state index is 12.2. The molecule has 1 amide bonds. The van der Waals surface area contributed by atoms with Gasteiger partial charge in [-0.05, 0) is 51.1 Å². The highest BCUT2D eigenvalue weighted by Crippen LogP contribution is 2.13. The van der Waals surface area contributed by atoms with Crippen molar-refractivity contribution in [2.45, 2.75) is 27.3 Å². The second-order valence-electron chi connectivity index (χ2n) is 5.43. The zero-order valence-corrected chi connectivity index (χ0v) is 14.1. The smallest absolute Gasteiger partial charge is 0.251 e. The van der Waals surface area contributed by atoms with E-state index in [1.165, 1.54) is 0 Å². The van der Waals surface area contributed by atoms with Gasteiger partial charge in [0.1, 0.15) is 0 Å². The molecule has 2 aromatic heterocycles. The first kappa shape index (κ1) is 15.4. The molecule has 0 unspecified atom stereocenters. The monoisotopic (exact) mass is 326 g/mol. The quantitative estimate of drug-likeness (QED) is 0.801. The number of amides is 1. The van der Waals surface area contributed by atoms with Crippen molar-refractivity contribution < 1.29 is 4.79 Å². The zero-order valence-electron chi connectivity index (χ0n) is 13.3. The summed E-state index contributed by atoms with van der Waals surface area (Å²) in [5.74, 6) is -0.101. The van der Waals surface area contributed by atoms with Crippen molar-refractivity contribution in [2.24, 2.45) is 0 Å². The van der Waals surface area contributed by atoms with Gasteiger partial charge < -0.3 is 5.32 Å². The van der Waals surface area contributed by atoms with Crippen LogP contribution in [0.5, 0.6) is 0 Å². The molecule has 3 rings (SSSR count). The largest absolute Gasteiger partial charge is 0.346 e. The third-order valence-electron chi connectivity index (χ3n) is 3.48. The van der Waals surface area contributed by atoms with Crippen LogP contribution in [0.4, 0.5) is 0 Å². The van der Waals surface area contributed by atoms with Gasteiger partial charge in [0, 0.05) is 16.6 Å². The van der Waals surface area contributed by atoms with Crippen LogP contribution in [-0.2, 0) is 6.54 Å². The van der Waals surface area contributed by atoms with Gasteiger partial charge in [-0.25, -0.2) is 9.67 Å². The molecule has 0 aliphatic rings. The van der Waals surface area contributed by atoms with Crippen LogP contribution in [0.15, 0.2) is 35.7 Å². The number of thiazole rings is 1. The lowest BCUT2D eigenvalue weighted by Gasteiger charge is -2.07. The maximum Gasteiger partial charge on any atom is 0.251 e. The number of hydrogen-bond donors (Lipinski definition) is 1. The van der Waals surface area contributed by atoms with Gasteiger partial charge in [-0.1, -0.05) is 0 Å². The van der Waals surface area contributed by atoms with Crippen molar-refractivity contribution in [3.05, 3.63) is 63.4 Å². The number of carbonyl (C=O) groups excluding carboxylic acids is 1. The Bertz CT molecular complexity index is 833. The Labute approximate surface area is 139 Å². The van der Waals surface area contributed by atoms with Crippen molar-refractivity contribution in [3.63, 3.8) is 0 Å². The van der Waals surface area contributed by atoms with Gasteiger partial charge in [-0.15, -0.1) is 11.3 Å². The number of aromatic nitrogens is 3. The summed E-state index contributed by atoms with van der Waals surface area (Å²) in [6.45, 7) is 6.37. The number of benzene rings is 1. The van der Waals surface area contributed by atoms with Crippen molar-refractivity contribution in [3.8, 4) is 5.69 Å². The average Bonchev–Trinajstić information content (AvgIpc) is 3.10. The van der Waals surface area contributed by atoms with E-state index >= 15 is 0 Å². The van der Waals surface area contributed by atoms with Crippen LogP contribution in [0.3, 0.4) is 0 Å². The van der Waals surface area contributed by atoms with E-state index in [1.807, 2.05) is 61.2 Å². The SMILES string of the molecule is Cc1cc(C)n(-c2ccc(C(=O)NCc3csc(C)n3)cc2)n1. The topological polar surface area (TPSA) is 59.8 Å². The molecule has 1 aromatic carbocycles. The van der Waals surface area contributed by atoms with E-state index in [-0.39, 0.29) is 5.91 Å². The van der Waals surface area contributed by atoms with Crippen LogP contribution >= 0.6 is 11.3 Å². The first-order valence-corrected chi connectivity index (χ1v) is 8.24. The van der Waals surface area contributed by atoms with Crippen molar-refractivity contribution in [1.29, 1.82) is 0 Å². The average molecular weight is 326 g/mol. The zero-order chi connectivity index (χ0) is 16.4. The highest BCUT2D eigenvalue weighted by molar-refractivity contribution is 7.09. The first-order valence-electron chi connectivity index (χ1n) is 7.36. The van der Waals surface area contributed by atoms with Gasteiger partial charge in [0.15, 0.2) is 0 Å². The van der Waals surface area contributed by atoms with E-state index in [0.29, 0.717) is 12.1 Å². The molecule has 2 heterocycles. The molecule has 0 spiro atoms. The fraction of sp³-hybridized carbons (Fsp3) is 0.235.